The predicted octanol–water partition coefficient (Wildman–Crippen LogP) is 2.10. The van der Waals surface area contributed by atoms with Crippen molar-refractivity contribution < 1.29 is 22.7 Å². The van der Waals surface area contributed by atoms with Crippen LogP contribution in [0.1, 0.15) is 23.1 Å². The molecule has 30 heavy (non-hydrogen) atoms. The molecule has 0 saturated carbocycles. The van der Waals surface area contributed by atoms with Crippen molar-refractivity contribution in [2.45, 2.75) is 30.9 Å². The number of amides is 1. The largest absolute Gasteiger partial charge is 0.380 e. The number of benzene rings is 2. The van der Waals surface area contributed by atoms with Crippen molar-refractivity contribution in [3.8, 4) is 0 Å². The average molecular weight is 433 g/mol. The van der Waals surface area contributed by atoms with Crippen molar-refractivity contribution in [1.82, 2.24) is 9.62 Å². The molecule has 0 atom stereocenters. The lowest BCUT2D eigenvalue weighted by Gasteiger charge is -2.26. The van der Waals surface area contributed by atoms with Gasteiger partial charge >= 0.3 is 0 Å². The number of hydrogen-bond donors (Lipinski definition) is 1. The monoisotopic (exact) mass is 432 g/mol. The van der Waals surface area contributed by atoms with E-state index in [-0.39, 0.29) is 10.8 Å². The fourth-order valence-electron chi connectivity index (χ4n) is 3.31. The van der Waals surface area contributed by atoms with Gasteiger partial charge in [0.25, 0.3) is 0 Å². The quantitative estimate of drug-likeness (QED) is 0.656. The van der Waals surface area contributed by atoms with Crippen LogP contribution >= 0.6 is 0 Å². The van der Waals surface area contributed by atoms with E-state index in [0.29, 0.717) is 52.3 Å². The zero-order chi connectivity index (χ0) is 21.4. The fraction of sp³-hybridized carbons (Fsp3) is 0.409. The molecule has 2 aromatic rings. The van der Waals surface area contributed by atoms with Crippen molar-refractivity contribution in [3.63, 3.8) is 0 Å². The molecule has 1 saturated heterocycles. The molecule has 1 N–H and O–H groups in total. The molecule has 1 fully saturated rings. The summed E-state index contributed by atoms with van der Waals surface area (Å²) >= 11 is 0. The number of nitrogens with zero attached hydrogens (tertiary/aromatic N) is 1. The zero-order valence-electron chi connectivity index (χ0n) is 17.2. The van der Waals surface area contributed by atoms with Gasteiger partial charge in [-0.2, -0.15) is 4.31 Å². The van der Waals surface area contributed by atoms with Gasteiger partial charge in [0.15, 0.2) is 0 Å². The zero-order valence-corrected chi connectivity index (χ0v) is 18.0. The molecule has 0 aromatic heterocycles. The molecule has 0 aliphatic carbocycles. The second-order valence-corrected chi connectivity index (χ2v) is 9.13. The molecule has 2 aromatic carbocycles. The molecule has 0 bridgehead atoms. The van der Waals surface area contributed by atoms with Crippen molar-refractivity contribution in [2.24, 2.45) is 0 Å². The predicted molar refractivity (Wildman–Crippen MR) is 113 cm³/mol. The lowest BCUT2D eigenvalue weighted by molar-refractivity contribution is -0.121. The molecule has 1 amide bonds. The highest BCUT2D eigenvalue weighted by Gasteiger charge is 2.26. The molecular formula is C22H28N2O5S. The number of morpholine rings is 1. The van der Waals surface area contributed by atoms with Crippen LogP contribution in [0.4, 0.5) is 0 Å². The maximum absolute atomic E-state index is 12.6. The normalized spacial score (nSPS) is 15.1. The summed E-state index contributed by atoms with van der Waals surface area (Å²) in [5.41, 5.74) is 3.01. The number of ether oxygens (including phenoxy) is 2. The lowest BCUT2D eigenvalue weighted by Crippen LogP contribution is -2.40. The number of aryl methyl sites for hydroxylation is 1. The third kappa shape index (κ3) is 6.12. The molecule has 0 unspecified atom stereocenters. The third-order valence-electron chi connectivity index (χ3n) is 4.96. The Morgan fingerprint density at radius 1 is 1.07 bits per heavy atom. The molecule has 1 aliphatic rings. The maximum Gasteiger partial charge on any atom is 0.243 e. The molecule has 1 aliphatic heterocycles. The van der Waals surface area contributed by atoms with Crippen LogP contribution < -0.4 is 5.32 Å². The van der Waals surface area contributed by atoms with Crippen LogP contribution in [0.5, 0.6) is 0 Å². The van der Waals surface area contributed by atoms with E-state index >= 15 is 0 Å². The van der Waals surface area contributed by atoms with Gasteiger partial charge in [0.1, 0.15) is 0 Å². The highest BCUT2D eigenvalue weighted by Crippen LogP contribution is 2.18. The van der Waals surface area contributed by atoms with Gasteiger partial charge in [0.2, 0.25) is 15.9 Å². The maximum atomic E-state index is 12.6. The molecule has 8 heteroatoms. The number of methoxy groups -OCH3 is 1. The van der Waals surface area contributed by atoms with E-state index in [1.165, 1.54) is 4.31 Å². The molecule has 3 rings (SSSR count). The molecule has 0 spiro atoms. The van der Waals surface area contributed by atoms with Gasteiger partial charge in [-0.05, 0) is 35.2 Å². The second kappa shape index (κ2) is 10.7. The molecule has 0 radical (unpaired) electrons. The average Bonchev–Trinajstić information content (AvgIpc) is 2.78. The van der Waals surface area contributed by atoms with Crippen LogP contribution in [-0.4, -0.2) is 52.0 Å². The van der Waals surface area contributed by atoms with E-state index in [2.05, 4.69) is 5.32 Å². The summed E-state index contributed by atoms with van der Waals surface area (Å²) in [5.74, 6) is -0.0443. The van der Waals surface area contributed by atoms with Crippen molar-refractivity contribution >= 4 is 15.9 Å². The Bertz CT molecular complexity index is 938. The summed E-state index contributed by atoms with van der Waals surface area (Å²) in [6, 6.07) is 14.7. The highest BCUT2D eigenvalue weighted by atomic mass is 32.2. The summed E-state index contributed by atoms with van der Waals surface area (Å²) in [7, 11) is -1.84. The first-order chi connectivity index (χ1) is 14.5. The third-order valence-corrected chi connectivity index (χ3v) is 6.88. The Morgan fingerprint density at radius 2 is 1.77 bits per heavy atom. The van der Waals surface area contributed by atoms with Gasteiger partial charge in [0.05, 0.1) is 24.7 Å². The Labute approximate surface area is 178 Å². The topological polar surface area (TPSA) is 84.9 Å². The molecule has 1 heterocycles. The Balaban J connectivity index is 1.48. The van der Waals surface area contributed by atoms with Gasteiger partial charge in [-0.3, -0.25) is 4.79 Å². The Morgan fingerprint density at radius 3 is 2.47 bits per heavy atom. The van der Waals surface area contributed by atoms with Gasteiger partial charge in [-0.1, -0.05) is 36.4 Å². The number of nitrogens with one attached hydrogen (secondary N) is 1. The first-order valence-corrected chi connectivity index (χ1v) is 11.4. The minimum absolute atomic E-state index is 0.0443. The first-order valence-electron chi connectivity index (χ1n) is 9.99. The van der Waals surface area contributed by atoms with Crippen LogP contribution in [0.3, 0.4) is 0 Å². The van der Waals surface area contributed by atoms with Crippen LogP contribution in [0.15, 0.2) is 53.4 Å². The first kappa shape index (κ1) is 22.4. The number of hydrogen-bond acceptors (Lipinski definition) is 5. The van der Waals surface area contributed by atoms with Crippen LogP contribution in [0, 0.1) is 0 Å². The van der Waals surface area contributed by atoms with Crippen LogP contribution in [0.2, 0.25) is 0 Å². The summed E-state index contributed by atoms with van der Waals surface area (Å²) in [4.78, 5) is 12.5. The van der Waals surface area contributed by atoms with Gasteiger partial charge in [-0.25, -0.2) is 8.42 Å². The van der Waals surface area contributed by atoms with E-state index in [9.17, 15) is 13.2 Å². The van der Waals surface area contributed by atoms with Crippen molar-refractivity contribution in [1.29, 1.82) is 0 Å². The van der Waals surface area contributed by atoms with E-state index in [0.717, 1.165) is 16.7 Å². The van der Waals surface area contributed by atoms with E-state index in [1.807, 2.05) is 24.3 Å². The number of rotatable bonds is 9. The summed E-state index contributed by atoms with van der Waals surface area (Å²) in [5, 5.41) is 2.92. The molecular weight excluding hydrogens is 404 g/mol. The second-order valence-electron chi connectivity index (χ2n) is 7.19. The standard InChI is InChI=1S/C22H28N2O5S/c1-28-17-20-4-2-3-19(15-20)16-23-22(25)10-7-18-5-8-21(9-6-18)30(26,27)24-11-13-29-14-12-24/h2-6,8-9,15H,7,10-14,16-17H2,1H3,(H,23,25). The number of carbonyl (C=O) groups excluding carboxylic acids is 1. The van der Waals surface area contributed by atoms with E-state index in [1.54, 1.807) is 31.4 Å². The van der Waals surface area contributed by atoms with Crippen LogP contribution in [-0.2, 0) is 43.9 Å². The Kier molecular flexibility index (Phi) is 7.98. The lowest BCUT2D eigenvalue weighted by atomic mass is 10.1. The van der Waals surface area contributed by atoms with Gasteiger partial charge in [0, 0.05) is 33.2 Å². The fourth-order valence-corrected chi connectivity index (χ4v) is 4.72. The Hall–Kier alpha value is -2.26. The minimum atomic E-state index is -3.49. The van der Waals surface area contributed by atoms with Gasteiger partial charge in [-0.15, -0.1) is 0 Å². The van der Waals surface area contributed by atoms with E-state index < -0.39 is 10.0 Å². The number of sulfonamides is 1. The minimum Gasteiger partial charge on any atom is -0.380 e. The van der Waals surface area contributed by atoms with Crippen molar-refractivity contribution in [3.05, 3.63) is 65.2 Å². The van der Waals surface area contributed by atoms with E-state index in [4.69, 9.17) is 9.47 Å². The summed E-state index contributed by atoms with van der Waals surface area (Å²) < 4.78 is 37.1. The van der Waals surface area contributed by atoms with Gasteiger partial charge < -0.3 is 14.8 Å². The smallest absolute Gasteiger partial charge is 0.243 e. The molecule has 162 valence electrons. The van der Waals surface area contributed by atoms with Crippen LogP contribution in [0.25, 0.3) is 0 Å². The van der Waals surface area contributed by atoms with Crippen molar-refractivity contribution in [2.75, 3.05) is 33.4 Å². The summed E-state index contributed by atoms with van der Waals surface area (Å²) in [6.07, 6.45) is 0.890. The highest BCUT2D eigenvalue weighted by molar-refractivity contribution is 7.89. The SMILES string of the molecule is COCc1cccc(CNC(=O)CCc2ccc(S(=O)(=O)N3CCOCC3)cc2)c1. The number of carbonyl (C=O) groups is 1. The molecule has 7 nitrogen and oxygen atoms in total. The summed E-state index contributed by atoms with van der Waals surface area (Å²) in [6.45, 7) is 2.59.